The van der Waals surface area contributed by atoms with Crippen molar-refractivity contribution in [2.24, 2.45) is 0 Å². The third-order valence-electron chi connectivity index (χ3n) is 2.62. The van der Waals surface area contributed by atoms with Crippen molar-refractivity contribution in [3.05, 3.63) is 35.9 Å². The van der Waals surface area contributed by atoms with E-state index in [9.17, 15) is 14.4 Å². The highest BCUT2D eigenvalue weighted by Gasteiger charge is 2.02. The minimum absolute atomic E-state index is 0.162. The van der Waals surface area contributed by atoms with Gasteiger partial charge in [0.05, 0.1) is 6.61 Å². The fraction of sp³-hybridized carbons (Fsp3) is 0.312. The second-order valence-electron chi connectivity index (χ2n) is 4.49. The van der Waals surface area contributed by atoms with Crippen molar-refractivity contribution in [2.45, 2.75) is 20.3 Å². The molecule has 0 spiro atoms. The molecule has 2 amide bonds. The van der Waals surface area contributed by atoms with Crippen LogP contribution in [0.4, 0.5) is 5.69 Å². The molecule has 2 N–H and O–H groups in total. The molecule has 0 bridgehead atoms. The highest BCUT2D eigenvalue weighted by atomic mass is 16.5. The van der Waals surface area contributed by atoms with Crippen LogP contribution in [-0.2, 0) is 19.1 Å². The van der Waals surface area contributed by atoms with Gasteiger partial charge in [0.15, 0.2) is 0 Å². The van der Waals surface area contributed by atoms with Crippen LogP contribution in [0.25, 0.3) is 6.08 Å². The normalized spacial score (nSPS) is 10.3. The van der Waals surface area contributed by atoms with E-state index >= 15 is 0 Å². The van der Waals surface area contributed by atoms with Crippen molar-refractivity contribution in [1.29, 1.82) is 0 Å². The van der Waals surface area contributed by atoms with Crippen LogP contribution in [0.5, 0.6) is 0 Å². The molecular weight excluding hydrogens is 284 g/mol. The number of carbonyl (C=O) groups excluding carboxylic acids is 3. The molecule has 0 heterocycles. The van der Waals surface area contributed by atoms with Gasteiger partial charge in [0.25, 0.3) is 0 Å². The summed E-state index contributed by atoms with van der Waals surface area (Å²) in [6.45, 7) is 3.80. The molecule has 1 aromatic rings. The molecule has 0 aliphatic rings. The minimum atomic E-state index is -0.391. The van der Waals surface area contributed by atoms with E-state index in [1.165, 1.54) is 13.0 Å². The van der Waals surface area contributed by atoms with Crippen molar-refractivity contribution < 1.29 is 19.1 Å². The summed E-state index contributed by atoms with van der Waals surface area (Å²) in [4.78, 5) is 33.5. The van der Waals surface area contributed by atoms with Crippen molar-refractivity contribution in [3.63, 3.8) is 0 Å². The quantitative estimate of drug-likeness (QED) is 0.593. The second kappa shape index (κ2) is 9.33. The predicted octanol–water partition coefficient (Wildman–Crippen LogP) is 1.73. The molecule has 0 radical (unpaired) electrons. The van der Waals surface area contributed by atoms with E-state index in [0.717, 1.165) is 5.56 Å². The summed E-state index contributed by atoms with van der Waals surface area (Å²) in [6.07, 6.45) is 3.20. The zero-order valence-electron chi connectivity index (χ0n) is 12.7. The van der Waals surface area contributed by atoms with Gasteiger partial charge in [-0.15, -0.1) is 0 Å². The number of hydrogen-bond donors (Lipinski definition) is 2. The lowest BCUT2D eigenvalue weighted by molar-refractivity contribution is -0.137. The lowest BCUT2D eigenvalue weighted by Gasteiger charge is -2.06. The molecule has 118 valence electrons. The molecule has 6 nitrogen and oxygen atoms in total. The Morgan fingerprint density at radius 3 is 2.45 bits per heavy atom. The summed E-state index contributed by atoms with van der Waals surface area (Å²) in [5, 5.41) is 5.28. The average molecular weight is 304 g/mol. The Kier molecular flexibility index (Phi) is 7.39. The van der Waals surface area contributed by atoms with Crippen LogP contribution in [-0.4, -0.2) is 30.9 Å². The summed E-state index contributed by atoms with van der Waals surface area (Å²) in [6, 6.07) is 7.03. The number of carbonyl (C=O) groups is 3. The third-order valence-corrected chi connectivity index (χ3v) is 2.62. The Balaban J connectivity index is 2.46. The number of rotatable bonds is 7. The van der Waals surface area contributed by atoms with Gasteiger partial charge in [0, 0.05) is 31.7 Å². The fourth-order valence-electron chi connectivity index (χ4n) is 1.61. The summed E-state index contributed by atoms with van der Waals surface area (Å²) in [5.74, 6) is -0.730. The summed E-state index contributed by atoms with van der Waals surface area (Å²) in [7, 11) is 0. The summed E-state index contributed by atoms with van der Waals surface area (Å²) in [5.41, 5.74) is 1.48. The molecule has 0 fully saturated rings. The Hall–Kier alpha value is -2.63. The Bertz CT molecular complexity index is 550. The van der Waals surface area contributed by atoms with Crippen LogP contribution in [0.3, 0.4) is 0 Å². The van der Waals surface area contributed by atoms with Gasteiger partial charge < -0.3 is 15.4 Å². The molecule has 0 unspecified atom stereocenters. The van der Waals surface area contributed by atoms with Crippen molar-refractivity contribution >= 4 is 29.5 Å². The van der Waals surface area contributed by atoms with Crippen LogP contribution in [0.15, 0.2) is 30.3 Å². The molecule has 0 saturated carbocycles. The maximum absolute atomic E-state index is 11.6. The number of benzene rings is 1. The fourth-order valence-corrected chi connectivity index (χ4v) is 1.61. The molecule has 1 rings (SSSR count). The highest BCUT2D eigenvalue weighted by Crippen LogP contribution is 2.11. The Morgan fingerprint density at radius 1 is 1.18 bits per heavy atom. The van der Waals surface area contributed by atoms with E-state index in [2.05, 4.69) is 10.6 Å². The van der Waals surface area contributed by atoms with Crippen molar-refractivity contribution in [2.75, 3.05) is 18.5 Å². The largest absolute Gasteiger partial charge is 0.463 e. The zero-order valence-corrected chi connectivity index (χ0v) is 12.7. The van der Waals surface area contributed by atoms with E-state index in [1.807, 2.05) is 0 Å². The smallest absolute Gasteiger partial charge is 0.330 e. The van der Waals surface area contributed by atoms with Gasteiger partial charge in [-0.2, -0.15) is 0 Å². The van der Waals surface area contributed by atoms with E-state index < -0.39 is 5.97 Å². The first-order valence-corrected chi connectivity index (χ1v) is 7.00. The summed E-state index contributed by atoms with van der Waals surface area (Å²) < 4.78 is 4.78. The minimum Gasteiger partial charge on any atom is -0.463 e. The van der Waals surface area contributed by atoms with E-state index in [0.29, 0.717) is 18.8 Å². The van der Waals surface area contributed by atoms with Crippen LogP contribution in [0.2, 0.25) is 0 Å². The molecule has 0 aliphatic carbocycles. The predicted molar refractivity (Wildman–Crippen MR) is 84.0 cm³/mol. The summed E-state index contributed by atoms with van der Waals surface area (Å²) >= 11 is 0. The van der Waals surface area contributed by atoms with Gasteiger partial charge in [-0.05, 0) is 30.7 Å². The molecule has 0 aromatic heterocycles. The first kappa shape index (κ1) is 17.4. The lowest BCUT2D eigenvalue weighted by Crippen LogP contribution is -2.25. The van der Waals surface area contributed by atoms with Gasteiger partial charge in [-0.25, -0.2) is 4.79 Å². The first-order chi connectivity index (χ1) is 10.5. The molecule has 6 heteroatoms. The highest BCUT2D eigenvalue weighted by molar-refractivity contribution is 5.91. The van der Waals surface area contributed by atoms with Gasteiger partial charge in [0.1, 0.15) is 0 Å². The monoisotopic (exact) mass is 304 g/mol. The number of anilines is 1. The van der Waals surface area contributed by atoms with Gasteiger partial charge >= 0.3 is 5.97 Å². The number of nitrogens with one attached hydrogen (secondary N) is 2. The van der Waals surface area contributed by atoms with Gasteiger partial charge in [-0.1, -0.05) is 12.1 Å². The molecule has 0 saturated heterocycles. The number of ether oxygens (including phenoxy) is 1. The molecular formula is C16H20N2O4. The Labute approximate surface area is 129 Å². The standard InChI is InChI=1S/C16H20N2O4/c1-3-22-16(21)9-6-13-4-7-14(8-5-13)18-15(20)10-11-17-12(2)19/h4-9H,3,10-11H2,1-2H3,(H,17,19)(H,18,20). The van der Waals surface area contributed by atoms with Crippen LogP contribution >= 0.6 is 0 Å². The van der Waals surface area contributed by atoms with Crippen LogP contribution in [0, 0.1) is 0 Å². The van der Waals surface area contributed by atoms with E-state index in [-0.39, 0.29) is 18.2 Å². The lowest BCUT2D eigenvalue weighted by atomic mass is 10.2. The van der Waals surface area contributed by atoms with Crippen molar-refractivity contribution in [3.8, 4) is 0 Å². The van der Waals surface area contributed by atoms with Crippen molar-refractivity contribution in [1.82, 2.24) is 5.32 Å². The Morgan fingerprint density at radius 2 is 1.86 bits per heavy atom. The van der Waals surface area contributed by atoms with Gasteiger partial charge in [-0.3, -0.25) is 9.59 Å². The van der Waals surface area contributed by atoms with Gasteiger partial charge in [0.2, 0.25) is 11.8 Å². The molecule has 22 heavy (non-hydrogen) atoms. The zero-order chi connectivity index (χ0) is 16.4. The van der Waals surface area contributed by atoms with E-state index in [1.54, 1.807) is 37.3 Å². The number of amides is 2. The third kappa shape index (κ3) is 7.23. The second-order valence-corrected chi connectivity index (χ2v) is 4.49. The maximum atomic E-state index is 11.6. The number of hydrogen-bond acceptors (Lipinski definition) is 4. The molecule has 0 aliphatic heterocycles. The topological polar surface area (TPSA) is 84.5 Å². The first-order valence-electron chi connectivity index (χ1n) is 7.00. The maximum Gasteiger partial charge on any atom is 0.330 e. The van der Waals surface area contributed by atoms with E-state index in [4.69, 9.17) is 4.74 Å². The average Bonchev–Trinajstić information content (AvgIpc) is 2.46. The molecule has 0 atom stereocenters. The van der Waals surface area contributed by atoms with Crippen LogP contribution < -0.4 is 10.6 Å². The number of esters is 1. The SMILES string of the molecule is CCOC(=O)C=Cc1ccc(NC(=O)CCNC(C)=O)cc1. The van der Waals surface area contributed by atoms with Crippen LogP contribution in [0.1, 0.15) is 25.8 Å². The molecule has 1 aromatic carbocycles.